The van der Waals surface area contributed by atoms with E-state index in [0.717, 1.165) is 18.4 Å². The van der Waals surface area contributed by atoms with Crippen LogP contribution < -0.4 is 10.5 Å². The maximum atomic E-state index is 12.1. The first-order valence-corrected chi connectivity index (χ1v) is 7.49. The fourth-order valence-corrected chi connectivity index (χ4v) is 3.21. The molecule has 5 nitrogen and oxygen atoms in total. The molecule has 0 aliphatic carbocycles. The zero-order valence-corrected chi connectivity index (χ0v) is 10.9. The predicted molar refractivity (Wildman–Crippen MR) is 68.5 cm³/mol. The fraction of sp³-hybridized carbons (Fsp3) is 0.500. The Morgan fingerprint density at radius 1 is 1.22 bits per heavy atom. The van der Waals surface area contributed by atoms with Crippen LogP contribution in [0.25, 0.3) is 0 Å². The first kappa shape index (κ1) is 13.5. The Morgan fingerprint density at radius 3 is 2.39 bits per heavy atom. The molecule has 1 aromatic carbocycles. The van der Waals surface area contributed by atoms with E-state index in [-0.39, 0.29) is 10.9 Å². The number of hydrogen-bond donors (Lipinski definition) is 2. The van der Waals surface area contributed by atoms with Gasteiger partial charge in [-0.1, -0.05) is 12.1 Å². The molecule has 100 valence electrons. The van der Waals surface area contributed by atoms with E-state index < -0.39 is 10.0 Å². The van der Waals surface area contributed by atoms with E-state index in [4.69, 9.17) is 10.5 Å². The molecule has 1 aliphatic rings. The van der Waals surface area contributed by atoms with Gasteiger partial charge in [-0.15, -0.1) is 0 Å². The monoisotopic (exact) mass is 270 g/mol. The maximum Gasteiger partial charge on any atom is 0.240 e. The van der Waals surface area contributed by atoms with Gasteiger partial charge in [0.1, 0.15) is 0 Å². The van der Waals surface area contributed by atoms with Crippen molar-refractivity contribution in [2.75, 3.05) is 13.2 Å². The minimum absolute atomic E-state index is 0.0297. The number of sulfonamides is 1. The molecule has 1 aliphatic heterocycles. The van der Waals surface area contributed by atoms with Crippen molar-refractivity contribution < 1.29 is 13.2 Å². The van der Waals surface area contributed by atoms with Crippen molar-refractivity contribution >= 4 is 10.0 Å². The minimum atomic E-state index is -3.43. The summed E-state index contributed by atoms with van der Waals surface area (Å²) in [4.78, 5) is 0.284. The van der Waals surface area contributed by atoms with Gasteiger partial charge in [-0.05, 0) is 30.5 Å². The third-order valence-corrected chi connectivity index (χ3v) is 4.55. The molecule has 0 unspecified atom stereocenters. The second-order valence-corrected chi connectivity index (χ2v) is 6.07. The molecule has 0 aromatic heterocycles. The van der Waals surface area contributed by atoms with Crippen LogP contribution in [0.15, 0.2) is 29.2 Å². The molecule has 18 heavy (non-hydrogen) atoms. The summed E-state index contributed by atoms with van der Waals surface area (Å²) in [6.07, 6.45) is 1.44. The summed E-state index contributed by atoms with van der Waals surface area (Å²) in [6.45, 7) is 1.63. The lowest BCUT2D eigenvalue weighted by atomic mass is 10.1. The van der Waals surface area contributed by atoms with Crippen LogP contribution in [0.2, 0.25) is 0 Å². The Labute approximate surface area is 107 Å². The SMILES string of the molecule is NCc1ccc(S(=O)(=O)NC2CCOCC2)cc1. The lowest BCUT2D eigenvalue weighted by Gasteiger charge is -2.22. The van der Waals surface area contributed by atoms with Gasteiger partial charge in [0.05, 0.1) is 4.90 Å². The van der Waals surface area contributed by atoms with Gasteiger partial charge in [0.25, 0.3) is 0 Å². The summed E-state index contributed by atoms with van der Waals surface area (Å²) in [5.41, 5.74) is 6.40. The van der Waals surface area contributed by atoms with E-state index in [1.807, 2.05) is 0 Å². The number of nitrogens with two attached hydrogens (primary N) is 1. The van der Waals surface area contributed by atoms with E-state index in [1.54, 1.807) is 24.3 Å². The van der Waals surface area contributed by atoms with Crippen LogP contribution in [0, 0.1) is 0 Å². The highest BCUT2D eigenvalue weighted by atomic mass is 32.2. The number of ether oxygens (including phenoxy) is 1. The number of benzene rings is 1. The molecule has 1 fully saturated rings. The molecule has 6 heteroatoms. The Hall–Kier alpha value is -0.950. The molecule has 1 aromatic rings. The van der Waals surface area contributed by atoms with Crippen molar-refractivity contribution in [2.45, 2.75) is 30.3 Å². The zero-order valence-electron chi connectivity index (χ0n) is 10.1. The van der Waals surface area contributed by atoms with Gasteiger partial charge in [-0.25, -0.2) is 13.1 Å². The molecular weight excluding hydrogens is 252 g/mol. The van der Waals surface area contributed by atoms with Crippen molar-refractivity contribution in [3.05, 3.63) is 29.8 Å². The molecular formula is C12H18N2O3S. The van der Waals surface area contributed by atoms with Crippen molar-refractivity contribution in [1.29, 1.82) is 0 Å². The summed E-state index contributed by atoms with van der Waals surface area (Å²) in [6, 6.07) is 6.61. The smallest absolute Gasteiger partial charge is 0.240 e. The quantitative estimate of drug-likeness (QED) is 0.839. The summed E-state index contributed by atoms with van der Waals surface area (Å²) in [5.74, 6) is 0. The van der Waals surface area contributed by atoms with Gasteiger partial charge < -0.3 is 10.5 Å². The molecule has 0 atom stereocenters. The molecule has 3 N–H and O–H groups in total. The normalized spacial score (nSPS) is 17.8. The third kappa shape index (κ3) is 3.29. The van der Waals surface area contributed by atoms with Crippen molar-refractivity contribution in [3.8, 4) is 0 Å². The van der Waals surface area contributed by atoms with Gasteiger partial charge in [-0.3, -0.25) is 0 Å². The zero-order chi connectivity index (χ0) is 13.0. The topological polar surface area (TPSA) is 81.4 Å². The largest absolute Gasteiger partial charge is 0.381 e. The first-order valence-electron chi connectivity index (χ1n) is 6.01. The lowest BCUT2D eigenvalue weighted by molar-refractivity contribution is 0.0832. The Balaban J connectivity index is 2.08. The summed E-state index contributed by atoms with van der Waals surface area (Å²) >= 11 is 0. The van der Waals surface area contributed by atoms with Crippen LogP contribution in [-0.2, 0) is 21.3 Å². The molecule has 1 heterocycles. The number of rotatable bonds is 4. The molecule has 2 rings (SSSR count). The molecule has 0 saturated carbocycles. The van der Waals surface area contributed by atoms with Gasteiger partial charge in [0.2, 0.25) is 10.0 Å². The van der Waals surface area contributed by atoms with Crippen LogP contribution in [0.4, 0.5) is 0 Å². The van der Waals surface area contributed by atoms with Crippen molar-refractivity contribution in [3.63, 3.8) is 0 Å². The lowest BCUT2D eigenvalue weighted by Crippen LogP contribution is -2.38. The van der Waals surface area contributed by atoms with Crippen LogP contribution in [0.3, 0.4) is 0 Å². The van der Waals surface area contributed by atoms with Crippen molar-refractivity contribution in [1.82, 2.24) is 4.72 Å². The minimum Gasteiger partial charge on any atom is -0.381 e. The van der Waals surface area contributed by atoms with E-state index in [2.05, 4.69) is 4.72 Å². The third-order valence-electron chi connectivity index (χ3n) is 3.01. The van der Waals surface area contributed by atoms with Crippen molar-refractivity contribution in [2.24, 2.45) is 5.73 Å². The highest BCUT2D eigenvalue weighted by Crippen LogP contribution is 2.14. The van der Waals surface area contributed by atoms with Crippen LogP contribution in [0.1, 0.15) is 18.4 Å². The van der Waals surface area contributed by atoms with E-state index in [0.29, 0.717) is 19.8 Å². The standard InChI is InChI=1S/C12H18N2O3S/c13-9-10-1-3-12(4-2-10)18(15,16)14-11-5-7-17-8-6-11/h1-4,11,14H,5-9,13H2. The predicted octanol–water partition coefficient (Wildman–Crippen LogP) is 0.603. The molecule has 0 radical (unpaired) electrons. The maximum absolute atomic E-state index is 12.1. The second kappa shape index (κ2) is 5.79. The summed E-state index contributed by atoms with van der Waals surface area (Å²) < 4.78 is 32.1. The average molecular weight is 270 g/mol. The van der Waals surface area contributed by atoms with E-state index in [1.165, 1.54) is 0 Å². The second-order valence-electron chi connectivity index (χ2n) is 4.36. The van der Waals surface area contributed by atoms with Crippen LogP contribution in [-0.4, -0.2) is 27.7 Å². The summed E-state index contributed by atoms with van der Waals surface area (Å²) in [5, 5.41) is 0. The first-order chi connectivity index (χ1) is 8.62. The van der Waals surface area contributed by atoms with Gasteiger partial charge in [0, 0.05) is 25.8 Å². The molecule has 0 amide bonds. The number of hydrogen-bond acceptors (Lipinski definition) is 4. The van der Waals surface area contributed by atoms with Gasteiger partial charge >= 0.3 is 0 Å². The molecule has 0 spiro atoms. The van der Waals surface area contributed by atoms with Gasteiger partial charge in [0.15, 0.2) is 0 Å². The molecule has 1 saturated heterocycles. The number of nitrogens with one attached hydrogen (secondary N) is 1. The summed E-state index contributed by atoms with van der Waals surface area (Å²) in [7, 11) is -3.43. The van der Waals surface area contributed by atoms with Crippen LogP contribution in [0.5, 0.6) is 0 Å². The van der Waals surface area contributed by atoms with E-state index >= 15 is 0 Å². The highest BCUT2D eigenvalue weighted by Gasteiger charge is 2.21. The Bertz CT molecular complexity index is 479. The molecule has 0 bridgehead atoms. The Kier molecular flexibility index (Phi) is 4.34. The Morgan fingerprint density at radius 2 is 1.83 bits per heavy atom. The van der Waals surface area contributed by atoms with Gasteiger partial charge in [-0.2, -0.15) is 0 Å². The fourth-order valence-electron chi connectivity index (χ4n) is 1.91. The van der Waals surface area contributed by atoms with E-state index in [9.17, 15) is 8.42 Å². The highest BCUT2D eigenvalue weighted by molar-refractivity contribution is 7.89. The van der Waals surface area contributed by atoms with Crippen LogP contribution >= 0.6 is 0 Å². The average Bonchev–Trinajstić information content (AvgIpc) is 2.39.